The second-order valence-corrected chi connectivity index (χ2v) is 14.7. The van der Waals surface area contributed by atoms with Crippen LogP contribution in [0, 0.1) is 0 Å². The van der Waals surface area contributed by atoms with Gasteiger partial charge in [0, 0.05) is 25.4 Å². The van der Waals surface area contributed by atoms with Crippen LogP contribution in [0.3, 0.4) is 0 Å². The molecule has 0 bridgehead atoms. The van der Waals surface area contributed by atoms with E-state index in [4.69, 9.17) is 24.3 Å². The number of nitrogen functional groups attached to an aromatic ring is 1. The van der Waals surface area contributed by atoms with Gasteiger partial charge >= 0.3 is 19.2 Å². The number of ether oxygens (including phenoxy) is 2. The maximum atomic E-state index is 12.8. The number of hydrogen-bond acceptors (Lipinski definition) is 12. The molecular formula is C34H57N6O9P. The van der Waals surface area contributed by atoms with Crippen molar-refractivity contribution in [2.24, 2.45) is 0 Å². The molecule has 0 saturated carbocycles. The van der Waals surface area contributed by atoms with Crippen LogP contribution >= 0.6 is 7.82 Å². The molecule has 2 aliphatic heterocycles. The maximum Gasteiger partial charge on any atom is 0.472 e. The van der Waals surface area contributed by atoms with Crippen molar-refractivity contribution in [3.63, 3.8) is 0 Å². The Balaban J connectivity index is 1.12. The number of nitrogens with zero attached hydrogens (tertiary/aromatic N) is 4. The Bertz CT molecular complexity index is 1460. The van der Waals surface area contributed by atoms with Crippen molar-refractivity contribution in [3.05, 3.63) is 45.5 Å². The molecule has 5 N–H and O–H groups in total. The van der Waals surface area contributed by atoms with Crippen LogP contribution in [0.15, 0.2) is 34.1 Å². The summed E-state index contributed by atoms with van der Waals surface area (Å²) < 4.78 is 37.6. The summed E-state index contributed by atoms with van der Waals surface area (Å²) in [7, 11) is -4.61. The van der Waals surface area contributed by atoms with Crippen LogP contribution in [-0.4, -0.2) is 67.2 Å². The molecule has 282 valence electrons. The topological polar surface area (TPSA) is 202 Å². The molecule has 6 atom stereocenters. The van der Waals surface area contributed by atoms with Gasteiger partial charge in [-0.25, -0.2) is 14.2 Å². The number of aliphatic hydroxyl groups excluding tert-OH is 1. The van der Waals surface area contributed by atoms with E-state index in [1.807, 2.05) is 0 Å². The smallest absolute Gasteiger partial charge is 0.394 e. The Morgan fingerprint density at radius 2 is 1.48 bits per heavy atom. The molecule has 2 aromatic rings. The van der Waals surface area contributed by atoms with Gasteiger partial charge in [0.25, 0.3) is 0 Å². The molecule has 0 radical (unpaired) electrons. The number of anilines is 2. The van der Waals surface area contributed by atoms with Gasteiger partial charge in [0.1, 0.15) is 36.3 Å². The minimum Gasteiger partial charge on any atom is -0.394 e. The van der Waals surface area contributed by atoms with Gasteiger partial charge in [0.2, 0.25) is 0 Å². The van der Waals surface area contributed by atoms with Gasteiger partial charge < -0.3 is 30.5 Å². The highest BCUT2D eigenvalue weighted by molar-refractivity contribution is 7.47. The molecule has 6 unspecified atom stereocenters. The number of phosphoric acid groups is 1. The van der Waals surface area contributed by atoms with Gasteiger partial charge in [0.15, 0.2) is 0 Å². The van der Waals surface area contributed by atoms with E-state index in [-0.39, 0.29) is 18.8 Å². The third kappa shape index (κ3) is 13.2. The fourth-order valence-electron chi connectivity index (χ4n) is 6.45. The lowest BCUT2D eigenvalue weighted by molar-refractivity contribution is -0.0507. The molecule has 0 aromatic carbocycles. The molecule has 0 aliphatic carbocycles. The standard InChI is InChI=1S/C34H57N6O9P/c1-2-3-4-5-6-7-8-9-10-11-12-13-14-15-20-36-30-19-22-40(34(43)38-30)32-23-27(28(24-41)48-32)49-50(44,45)46-25-26-16-17-31(47-26)39-21-18-29(35)37-33(39)42/h18-19,21-22,26-28,31-32,41H,2-17,20,23-25H2,1H3,(H,44,45)(H2,35,37,42)(H,36,38,43). The Hall–Kier alpha value is -2.65. The van der Waals surface area contributed by atoms with Gasteiger partial charge in [-0.2, -0.15) is 9.97 Å². The highest BCUT2D eigenvalue weighted by Gasteiger charge is 2.42. The molecule has 2 fully saturated rings. The van der Waals surface area contributed by atoms with Gasteiger partial charge in [-0.15, -0.1) is 0 Å². The van der Waals surface area contributed by atoms with E-state index >= 15 is 0 Å². The monoisotopic (exact) mass is 724 g/mol. The first-order chi connectivity index (χ1) is 24.2. The highest BCUT2D eigenvalue weighted by atomic mass is 31.2. The summed E-state index contributed by atoms with van der Waals surface area (Å²) in [6, 6.07) is 3.16. The number of aromatic nitrogens is 4. The fourth-order valence-corrected chi connectivity index (χ4v) is 7.43. The van der Waals surface area contributed by atoms with Gasteiger partial charge in [-0.05, 0) is 31.4 Å². The van der Waals surface area contributed by atoms with Crippen molar-refractivity contribution in [3.8, 4) is 0 Å². The van der Waals surface area contributed by atoms with E-state index in [1.54, 1.807) is 12.3 Å². The summed E-state index contributed by atoms with van der Waals surface area (Å²) in [4.78, 5) is 43.2. The lowest BCUT2D eigenvalue weighted by Gasteiger charge is -2.21. The van der Waals surface area contributed by atoms with Crippen molar-refractivity contribution < 1.29 is 33.1 Å². The number of nitrogens with two attached hydrogens (primary N) is 1. The van der Waals surface area contributed by atoms with Crippen LogP contribution in [0.5, 0.6) is 0 Å². The summed E-state index contributed by atoms with van der Waals surface area (Å²) in [5.74, 6) is 0.565. The van der Waals surface area contributed by atoms with E-state index in [2.05, 4.69) is 22.2 Å². The predicted molar refractivity (Wildman–Crippen MR) is 190 cm³/mol. The number of aliphatic hydroxyl groups is 1. The average molecular weight is 725 g/mol. The number of unbranched alkanes of at least 4 members (excludes halogenated alkanes) is 13. The normalized spacial score (nSPS) is 23.3. The molecule has 2 saturated heterocycles. The van der Waals surface area contributed by atoms with E-state index in [1.165, 1.54) is 98.4 Å². The zero-order valence-corrected chi connectivity index (χ0v) is 30.3. The van der Waals surface area contributed by atoms with Crippen LogP contribution in [0.2, 0.25) is 0 Å². The summed E-state index contributed by atoms with van der Waals surface area (Å²) >= 11 is 0. The first kappa shape index (κ1) is 40.1. The van der Waals surface area contributed by atoms with E-state index in [0.29, 0.717) is 25.2 Å². The largest absolute Gasteiger partial charge is 0.472 e. The van der Waals surface area contributed by atoms with Crippen LogP contribution < -0.4 is 22.4 Å². The number of hydrogen-bond donors (Lipinski definition) is 4. The van der Waals surface area contributed by atoms with Crippen LogP contribution in [0.25, 0.3) is 0 Å². The molecular weight excluding hydrogens is 667 g/mol. The summed E-state index contributed by atoms with van der Waals surface area (Å²) in [5.41, 5.74) is 4.43. The zero-order chi connectivity index (χ0) is 35.8. The summed E-state index contributed by atoms with van der Waals surface area (Å²) in [6.45, 7) is 2.21. The maximum absolute atomic E-state index is 12.8. The molecule has 2 aliphatic rings. The third-order valence-corrected chi connectivity index (χ3v) is 10.3. The Morgan fingerprint density at radius 1 is 0.880 bits per heavy atom. The Labute approximate surface area is 294 Å². The number of rotatable bonds is 24. The van der Waals surface area contributed by atoms with Crippen LogP contribution in [0.1, 0.15) is 129 Å². The zero-order valence-electron chi connectivity index (χ0n) is 29.4. The predicted octanol–water partition coefficient (Wildman–Crippen LogP) is 5.44. The van der Waals surface area contributed by atoms with Crippen molar-refractivity contribution >= 4 is 19.5 Å². The minimum atomic E-state index is -4.61. The highest BCUT2D eigenvalue weighted by Crippen LogP contribution is 2.49. The average Bonchev–Trinajstić information content (AvgIpc) is 3.72. The number of phosphoric ester groups is 1. The second kappa shape index (κ2) is 21.0. The van der Waals surface area contributed by atoms with Crippen LogP contribution in [0.4, 0.5) is 11.6 Å². The SMILES string of the molecule is CCCCCCCCCCCCCCCCNc1ccn(C2CC(OP(=O)(O)OCC3CCC(n4ccc(N)nc4=O)O3)C(CO)O2)c(=O)n1. The summed E-state index contributed by atoms with van der Waals surface area (Å²) in [6.07, 6.45) is 18.1. The Kier molecular flexibility index (Phi) is 16.9. The van der Waals surface area contributed by atoms with Crippen molar-refractivity contribution in [2.75, 3.05) is 30.8 Å². The van der Waals surface area contributed by atoms with Gasteiger partial charge in [-0.1, -0.05) is 90.4 Å². The molecule has 0 spiro atoms. The van der Waals surface area contributed by atoms with E-state index in [9.17, 15) is 24.2 Å². The lowest BCUT2D eigenvalue weighted by Crippen LogP contribution is -2.29. The fraction of sp³-hybridized carbons (Fsp3) is 0.765. The molecule has 4 heterocycles. The first-order valence-corrected chi connectivity index (χ1v) is 19.9. The van der Waals surface area contributed by atoms with Crippen molar-refractivity contribution in [1.29, 1.82) is 0 Å². The molecule has 15 nitrogen and oxygen atoms in total. The van der Waals surface area contributed by atoms with Crippen molar-refractivity contribution in [1.82, 2.24) is 19.1 Å². The van der Waals surface area contributed by atoms with Gasteiger partial charge in [-0.3, -0.25) is 18.2 Å². The van der Waals surface area contributed by atoms with Crippen molar-refractivity contribution in [2.45, 2.75) is 147 Å². The van der Waals surface area contributed by atoms with E-state index < -0.39 is 56.6 Å². The molecule has 16 heteroatoms. The third-order valence-electron chi connectivity index (χ3n) is 9.28. The van der Waals surface area contributed by atoms with E-state index in [0.717, 1.165) is 12.8 Å². The molecule has 0 amide bonds. The second-order valence-electron chi connectivity index (χ2n) is 13.3. The summed E-state index contributed by atoms with van der Waals surface area (Å²) in [5, 5.41) is 13.1. The first-order valence-electron chi connectivity index (χ1n) is 18.4. The lowest BCUT2D eigenvalue weighted by atomic mass is 10.0. The quantitative estimate of drug-likeness (QED) is 0.0789. The molecule has 4 rings (SSSR count). The Morgan fingerprint density at radius 3 is 2.10 bits per heavy atom. The van der Waals surface area contributed by atoms with Crippen LogP contribution in [-0.2, 0) is 23.1 Å². The molecule has 50 heavy (non-hydrogen) atoms. The van der Waals surface area contributed by atoms with Gasteiger partial charge in [0.05, 0.1) is 19.3 Å². The minimum absolute atomic E-state index is 0.0155. The number of nitrogens with one attached hydrogen (secondary N) is 1. The molecule has 2 aromatic heterocycles.